The number of carboxylic acids is 1. The molecule has 0 spiro atoms. The van der Waals surface area contributed by atoms with Crippen molar-refractivity contribution in [3.63, 3.8) is 0 Å². The molecule has 0 atom stereocenters. The zero-order chi connectivity index (χ0) is 11.7. The first-order valence-electron chi connectivity index (χ1n) is 4.51. The van der Waals surface area contributed by atoms with Gasteiger partial charge in [0.05, 0.1) is 5.02 Å². The molecule has 0 aliphatic rings. The van der Waals surface area contributed by atoms with Crippen LogP contribution in [0.25, 0.3) is 0 Å². The number of hydrogen-bond acceptors (Lipinski definition) is 2. The van der Waals surface area contributed by atoms with Crippen molar-refractivity contribution in [3.8, 4) is 0 Å². The van der Waals surface area contributed by atoms with Crippen molar-refractivity contribution in [1.29, 1.82) is 0 Å². The monoisotopic (exact) mass is 229 g/mol. The highest BCUT2D eigenvalue weighted by molar-refractivity contribution is 6.31. The molecule has 5 heteroatoms. The van der Waals surface area contributed by atoms with Crippen LogP contribution in [0.3, 0.4) is 0 Å². The Labute approximate surface area is 92.1 Å². The summed E-state index contributed by atoms with van der Waals surface area (Å²) in [6.45, 7) is 5.29. The van der Waals surface area contributed by atoms with Crippen LogP contribution in [-0.2, 0) is 0 Å². The Morgan fingerprint density at radius 1 is 1.53 bits per heavy atom. The number of aromatic nitrogens is 1. The van der Waals surface area contributed by atoms with Crippen LogP contribution in [0.4, 0.5) is 0 Å². The number of carbonyl (C=O) groups is 1. The number of aromatic carboxylic acids is 1. The minimum atomic E-state index is -1.25. The normalized spacial score (nSPS) is 10.7. The van der Waals surface area contributed by atoms with Crippen LogP contribution in [-0.4, -0.2) is 15.6 Å². The molecule has 0 saturated heterocycles. The van der Waals surface area contributed by atoms with Crippen molar-refractivity contribution in [2.45, 2.75) is 26.8 Å². The lowest BCUT2D eigenvalue weighted by atomic mass is 10.2. The first-order chi connectivity index (χ1) is 6.86. The Morgan fingerprint density at radius 3 is 2.47 bits per heavy atom. The lowest BCUT2D eigenvalue weighted by Gasteiger charge is -2.15. The molecule has 1 aromatic rings. The van der Waals surface area contributed by atoms with E-state index in [-0.39, 0.29) is 11.6 Å². The molecular weight excluding hydrogens is 218 g/mol. The van der Waals surface area contributed by atoms with E-state index in [1.165, 1.54) is 10.6 Å². The van der Waals surface area contributed by atoms with E-state index in [9.17, 15) is 9.59 Å². The van der Waals surface area contributed by atoms with Gasteiger partial charge in [-0.2, -0.15) is 0 Å². The minimum absolute atomic E-state index is 0.116. The fraction of sp³-hybridized carbons (Fsp3) is 0.400. The topological polar surface area (TPSA) is 59.3 Å². The van der Waals surface area contributed by atoms with Gasteiger partial charge in [-0.3, -0.25) is 4.79 Å². The maximum absolute atomic E-state index is 11.7. The molecule has 0 fully saturated rings. The predicted octanol–water partition coefficient (Wildman–Crippen LogP) is 2.09. The van der Waals surface area contributed by atoms with Gasteiger partial charge in [0.15, 0.2) is 0 Å². The Bertz CT molecular complexity index is 462. The first-order valence-corrected chi connectivity index (χ1v) is 4.89. The fourth-order valence-electron chi connectivity index (χ4n) is 1.47. The zero-order valence-electron chi connectivity index (χ0n) is 8.74. The molecule has 0 bridgehead atoms. The van der Waals surface area contributed by atoms with Crippen molar-refractivity contribution >= 4 is 17.6 Å². The molecular formula is C10H12ClNO3. The largest absolute Gasteiger partial charge is 0.477 e. The second-order valence-electron chi connectivity index (χ2n) is 3.57. The van der Waals surface area contributed by atoms with Gasteiger partial charge in [0.2, 0.25) is 0 Å². The van der Waals surface area contributed by atoms with Gasteiger partial charge < -0.3 is 9.67 Å². The van der Waals surface area contributed by atoms with Gasteiger partial charge in [-0.05, 0) is 26.8 Å². The summed E-state index contributed by atoms with van der Waals surface area (Å²) < 4.78 is 1.38. The third-order valence-electron chi connectivity index (χ3n) is 2.17. The molecule has 0 aromatic carbocycles. The van der Waals surface area contributed by atoms with Crippen molar-refractivity contribution < 1.29 is 9.90 Å². The van der Waals surface area contributed by atoms with Crippen LogP contribution in [0, 0.1) is 6.92 Å². The summed E-state index contributed by atoms with van der Waals surface area (Å²) in [7, 11) is 0. The SMILES string of the molecule is Cc1c(Cl)cc(C(=O)O)c(=O)n1C(C)C. The van der Waals surface area contributed by atoms with E-state index in [1.807, 2.05) is 0 Å². The molecule has 1 rings (SSSR count). The summed E-state index contributed by atoms with van der Waals surface area (Å²) in [5, 5.41) is 9.11. The Balaban J connectivity index is 3.64. The first kappa shape index (κ1) is 11.8. The number of rotatable bonds is 2. The molecule has 1 N–H and O–H groups in total. The summed E-state index contributed by atoms with van der Waals surface area (Å²) in [6, 6.07) is 1.08. The van der Waals surface area contributed by atoms with Crippen LogP contribution in [0.15, 0.2) is 10.9 Å². The van der Waals surface area contributed by atoms with Gasteiger partial charge in [0, 0.05) is 11.7 Å². The van der Waals surface area contributed by atoms with Crippen LogP contribution >= 0.6 is 11.6 Å². The fourth-order valence-corrected chi connectivity index (χ4v) is 1.67. The van der Waals surface area contributed by atoms with Gasteiger partial charge in [-0.25, -0.2) is 4.79 Å². The second-order valence-corrected chi connectivity index (χ2v) is 3.97. The van der Waals surface area contributed by atoms with E-state index in [0.717, 1.165) is 0 Å². The molecule has 1 aromatic heterocycles. The molecule has 0 radical (unpaired) electrons. The number of pyridine rings is 1. The highest BCUT2D eigenvalue weighted by Crippen LogP contribution is 2.17. The molecule has 1 heterocycles. The van der Waals surface area contributed by atoms with E-state index >= 15 is 0 Å². The summed E-state index contributed by atoms with van der Waals surface area (Å²) in [5.41, 5.74) is -0.222. The highest BCUT2D eigenvalue weighted by atomic mass is 35.5. The molecule has 82 valence electrons. The van der Waals surface area contributed by atoms with Crippen molar-refractivity contribution in [2.24, 2.45) is 0 Å². The average Bonchev–Trinajstić information content (AvgIpc) is 2.10. The van der Waals surface area contributed by atoms with E-state index in [1.54, 1.807) is 20.8 Å². The van der Waals surface area contributed by atoms with Gasteiger partial charge in [0.1, 0.15) is 5.56 Å². The van der Waals surface area contributed by atoms with Crippen LogP contribution in [0.2, 0.25) is 5.02 Å². The Hall–Kier alpha value is -1.29. The zero-order valence-corrected chi connectivity index (χ0v) is 9.50. The van der Waals surface area contributed by atoms with Gasteiger partial charge >= 0.3 is 5.97 Å². The molecule has 0 aliphatic carbocycles. The Morgan fingerprint density at radius 2 is 2.07 bits per heavy atom. The quantitative estimate of drug-likeness (QED) is 0.845. The van der Waals surface area contributed by atoms with E-state index in [2.05, 4.69) is 0 Å². The van der Waals surface area contributed by atoms with Crippen molar-refractivity contribution in [3.05, 3.63) is 32.7 Å². The maximum atomic E-state index is 11.7. The van der Waals surface area contributed by atoms with Crippen molar-refractivity contribution in [2.75, 3.05) is 0 Å². The second kappa shape index (κ2) is 4.06. The van der Waals surface area contributed by atoms with E-state index in [0.29, 0.717) is 10.7 Å². The predicted molar refractivity (Wildman–Crippen MR) is 57.8 cm³/mol. The average molecular weight is 230 g/mol. The summed E-state index contributed by atoms with van der Waals surface area (Å²) in [5.74, 6) is -1.25. The minimum Gasteiger partial charge on any atom is -0.477 e. The van der Waals surface area contributed by atoms with Crippen LogP contribution in [0.5, 0.6) is 0 Å². The van der Waals surface area contributed by atoms with Crippen LogP contribution in [0.1, 0.15) is 35.9 Å². The molecule has 4 nitrogen and oxygen atoms in total. The number of carboxylic acid groups (broad SMARTS) is 1. The van der Waals surface area contributed by atoms with Crippen LogP contribution < -0.4 is 5.56 Å². The van der Waals surface area contributed by atoms with Gasteiger partial charge in [-0.15, -0.1) is 0 Å². The smallest absolute Gasteiger partial charge is 0.341 e. The molecule has 15 heavy (non-hydrogen) atoms. The number of hydrogen-bond donors (Lipinski definition) is 1. The number of nitrogens with zero attached hydrogens (tertiary/aromatic N) is 1. The molecule has 0 aliphatic heterocycles. The third kappa shape index (κ3) is 2.04. The summed E-state index contributed by atoms with van der Waals surface area (Å²) in [4.78, 5) is 22.5. The standard InChI is InChI=1S/C10H12ClNO3/c1-5(2)12-6(3)8(11)4-7(9(12)13)10(14)15/h4-5H,1-3H3,(H,14,15). The molecule has 0 unspecified atom stereocenters. The molecule has 0 saturated carbocycles. The summed E-state index contributed by atoms with van der Waals surface area (Å²) in [6.07, 6.45) is 0. The van der Waals surface area contributed by atoms with E-state index < -0.39 is 11.5 Å². The van der Waals surface area contributed by atoms with Gasteiger partial charge in [0.25, 0.3) is 5.56 Å². The highest BCUT2D eigenvalue weighted by Gasteiger charge is 2.16. The van der Waals surface area contributed by atoms with Crippen molar-refractivity contribution in [1.82, 2.24) is 4.57 Å². The lowest BCUT2D eigenvalue weighted by molar-refractivity contribution is 0.0694. The Kier molecular flexibility index (Phi) is 3.19. The summed E-state index contributed by atoms with van der Waals surface area (Å²) >= 11 is 5.86. The molecule has 0 amide bonds. The van der Waals surface area contributed by atoms with E-state index in [4.69, 9.17) is 16.7 Å². The lowest BCUT2D eigenvalue weighted by Crippen LogP contribution is -2.29. The third-order valence-corrected chi connectivity index (χ3v) is 2.56. The number of halogens is 1. The van der Waals surface area contributed by atoms with Gasteiger partial charge in [-0.1, -0.05) is 11.6 Å². The maximum Gasteiger partial charge on any atom is 0.341 e.